The van der Waals surface area contributed by atoms with Gasteiger partial charge in [-0.1, -0.05) is 101 Å². The van der Waals surface area contributed by atoms with Gasteiger partial charge in [0.05, 0.1) is 0 Å². The molecule has 0 saturated carbocycles. The molecule has 8 nitrogen and oxygen atoms in total. The van der Waals surface area contributed by atoms with Crippen LogP contribution >= 0.6 is 0 Å². The third-order valence-corrected chi connectivity index (χ3v) is 6.83. The zero-order valence-corrected chi connectivity index (χ0v) is 26.3. The van der Waals surface area contributed by atoms with Crippen LogP contribution in [0, 0.1) is 5.92 Å². The largest absolute Gasteiger partial charge is 0.508 e. The normalized spacial score (nSPS) is 12.8. The molecule has 2 unspecified atom stereocenters. The van der Waals surface area contributed by atoms with Crippen LogP contribution in [0.1, 0.15) is 104 Å². The first-order valence-electron chi connectivity index (χ1n) is 15.3. The molecular weight excluding hydrogens is 530 g/mol. The van der Waals surface area contributed by atoms with E-state index < -0.39 is 29.7 Å². The monoisotopic (exact) mass is 581 g/mol. The number of para-hydroxylation sites is 1. The molecule has 2 aromatic rings. The zero-order chi connectivity index (χ0) is 31.1. The number of alkyl carbamates (subject to hydrolysis) is 1. The average Bonchev–Trinajstić information content (AvgIpc) is 2.92. The van der Waals surface area contributed by atoms with E-state index in [9.17, 15) is 19.5 Å². The van der Waals surface area contributed by atoms with Crippen LogP contribution in [0.15, 0.2) is 54.6 Å². The Morgan fingerprint density at radius 1 is 0.905 bits per heavy atom. The van der Waals surface area contributed by atoms with Crippen molar-refractivity contribution in [3.05, 3.63) is 65.7 Å². The number of aromatic hydroxyl groups is 1. The molecule has 42 heavy (non-hydrogen) atoms. The first kappa shape index (κ1) is 34.7. The van der Waals surface area contributed by atoms with Crippen molar-refractivity contribution in [3.8, 4) is 5.75 Å². The molecule has 2 rings (SSSR count). The summed E-state index contributed by atoms with van der Waals surface area (Å²) in [5.74, 6) is -0.773. The second-order valence-electron chi connectivity index (χ2n) is 12.3. The summed E-state index contributed by atoms with van der Waals surface area (Å²) in [4.78, 5) is 42.6. The number of hydrogen-bond donors (Lipinski definition) is 3. The summed E-state index contributed by atoms with van der Waals surface area (Å²) < 4.78 is 5.47. The molecule has 0 saturated heterocycles. The smallest absolute Gasteiger partial charge is 0.408 e. The molecule has 0 aliphatic carbocycles. The highest BCUT2D eigenvalue weighted by Gasteiger charge is 2.37. The summed E-state index contributed by atoms with van der Waals surface area (Å²) in [6, 6.07) is 14.1. The number of phenols is 1. The van der Waals surface area contributed by atoms with Crippen molar-refractivity contribution in [2.45, 2.75) is 111 Å². The van der Waals surface area contributed by atoms with Crippen LogP contribution in [0.3, 0.4) is 0 Å². The van der Waals surface area contributed by atoms with Crippen molar-refractivity contribution in [2.24, 2.45) is 5.92 Å². The molecule has 0 aromatic heterocycles. The van der Waals surface area contributed by atoms with Crippen LogP contribution < -0.4 is 10.6 Å². The van der Waals surface area contributed by atoms with E-state index in [0.29, 0.717) is 24.9 Å². The fraction of sp³-hybridized carbons (Fsp3) is 0.559. The van der Waals surface area contributed by atoms with Gasteiger partial charge in [-0.25, -0.2) is 4.79 Å². The second-order valence-corrected chi connectivity index (χ2v) is 12.3. The number of carbonyl (C=O) groups excluding carboxylic acids is 3. The standard InChI is InChI=1S/C34H51N3O5/c1-7-8-9-10-11-17-22-37(32(40)28(23-25(2)3)36-33(41)42-34(4,5)6)30(27-20-15-16-21-29(27)38)31(39)35-24-26-18-13-12-14-19-26/h12-16,18-21,25,28,30,38H,7-11,17,22-24H2,1-6H3,(H,35,39)(H,36,41). The lowest BCUT2D eigenvalue weighted by Gasteiger charge is -2.35. The van der Waals surface area contributed by atoms with Gasteiger partial charge in [-0.05, 0) is 51.2 Å². The van der Waals surface area contributed by atoms with E-state index >= 15 is 0 Å². The lowest BCUT2D eigenvalue weighted by atomic mass is 9.98. The molecular formula is C34H51N3O5. The number of nitrogens with one attached hydrogen (secondary N) is 2. The van der Waals surface area contributed by atoms with E-state index in [2.05, 4.69) is 17.6 Å². The highest BCUT2D eigenvalue weighted by molar-refractivity contribution is 5.92. The second kappa shape index (κ2) is 17.4. The summed E-state index contributed by atoms with van der Waals surface area (Å²) in [7, 11) is 0. The fourth-order valence-corrected chi connectivity index (χ4v) is 4.82. The lowest BCUT2D eigenvalue weighted by molar-refractivity contribution is -0.143. The SMILES string of the molecule is CCCCCCCCN(C(=O)C(CC(C)C)NC(=O)OC(C)(C)C)C(C(=O)NCc1ccccc1)c1ccccc1O. The molecule has 8 heteroatoms. The van der Waals surface area contributed by atoms with Gasteiger partial charge in [-0.2, -0.15) is 0 Å². The minimum atomic E-state index is -1.09. The number of benzene rings is 2. The Kier molecular flexibility index (Phi) is 14.4. The molecule has 3 amide bonds. The van der Waals surface area contributed by atoms with Crippen molar-refractivity contribution >= 4 is 17.9 Å². The molecule has 0 aliphatic rings. The number of unbranched alkanes of at least 4 members (excludes halogenated alkanes) is 5. The van der Waals surface area contributed by atoms with Crippen molar-refractivity contribution in [3.63, 3.8) is 0 Å². The average molecular weight is 582 g/mol. The molecule has 232 valence electrons. The number of phenolic OH excluding ortho intramolecular Hbond substituents is 1. The summed E-state index contributed by atoms with van der Waals surface area (Å²) in [5, 5.41) is 16.6. The van der Waals surface area contributed by atoms with Gasteiger partial charge in [0, 0.05) is 18.7 Å². The Balaban J connectivity index is 2.46. The maximum atomic E-state index is 14.3. The summed E-state index contributed by atoms with van der Waals surface area (Å²) in [5.41, 5.74) is 0.520. The minimum absolute atomic E-state index is 0.0707. The molecule has 0 heterocycles. The van der Waals surface area contributed by atoms with Crippen LogP contribution in [0.5, 0.6) is 5.75 Å². The third kappa shape index (κ3) is 12.1. The molecule has 3 N–H and O–H groups in total. The summed E-state index contributed by atoms with van der Waals surface area (Å²) in [6.45, 7) is 12.0. The number of carbonyl (C=O) groups is 3. The Hall–Kier alpha value is -3.55. The predicted molar refractivity (Wildman–Crippen MR) is 167 cm³/mol. The molecule has 0 radical (unpaired) electrons. The van der Waals surface area contributed by atoms with Gasteiger partial charge in [0.1, 0.15) is 23.4 Å². The van der Waals surface area contributed by atoms with Crippen molar-refractivity contribution < 1.29 is 24.2 Å². The van der Waals surface area contributed by atoms with Gasteiger partial charge in [-0.3, -0.25) is 9.59 Å². The van der Waals surface area contributed by atoms with E-state index in [1.54, 1.807) is 39.0 Å². The maximum Gasteiger partial charge on any atom is 0.408 e. The van der Waals surface area contributed by atoms with E-state index in [1.807, 2.05) is 44.2 Å². The van der Waals surface area contributed by atoms with Crippen molar-refractivity contribution in [1.29, 1.82) is 0 Å². The molecule has 0 spiro atoms. The predicted octanol–water partition coefficient (Wildman–Crippen LogP) is 6.88. The van der Waals surface area contributed by atoms with Crippen molar-refractivity contribution in [2.75, 3.05) is 6.54 Å². The van der Waals surface area contributed by atoms with Gasteiger partial charge < -0.3 is 25.4 Å². The fourth-order valence-electron chi connectivity index (χ4n) is 4.82. The van der Waals surface area contributed by atoms with E-state index in [0.717, 1.165) is 37.7 Å². The topological polar surface area (TPSA) is 108 Å². The number of nitrogens with zero attached hydrogens (tertiary/aromatic N) is 1. The Morgan fingerprint density at radius 2 is 1.52 bits per heavy atom. The first-order valence-corrected chi connectivity index (χ1v) is 15.3. The molecule has 0 aliphatic heterocycles. The van der Waals surface area contributed by atoms with Crippen LogP contribution in [0.25, 0.3) is 0 Å². The molecule has 2 aromatic carbocycles. The van der Waals surface area contributed by atoms with Crippen molar-refractivity contribution in [1.82, 2.24) is 15.5 Å². The Bertz CT molecular complexity index is 1110. The van der Waals surface area contributed by atoms with Crippen LogP contribution in [0.2, 0.25) is 0 Å². The number of ether oxygens (including phenoxy) is 1. The first-order chi connectivity index (χ1) is 19.9. The third-order valence-electron chi connectivity index (χ3n) is 6.83. The van der Waals surface area contributed by atoms with Crippen LogP contribution in [-0.4, -0.2) is 46.1 Å². The van der Waals surface area contributed by atoms with E-state index in [-0.39, 0.29) is 24.1 Å². The molecule has 0 bridgehead atoms. The lowest BCUT2D eigenvalue weighted by Crippen LogP contribution is -2.53. The van der Waals surface area contributed by atoms with Gasteiger partial charge >= 0.3 is 6.09 Å². The summed E-state index contributed by atoms with van der Waals surface area (Å²) in [6.07, 6.45) is 5.70. The van der Waals surface area contributed by atoms with E-state index in [1.165, 1.54) is 11.0 Å². The number of hydrogen-bond acceptors (Lipinski definition) is 5. The zero-order valence-electron chi connectivity index (χ0n) is 26.3. The van der Waals surface area contributed by atoms with Gasteiger partial charge in [0.25, 0.3) is 0 Å². The number of rotatable bonds is 16. The minimum Gasteiger partial charge on any atom is -0.508 e. The van der Waals surface area contributed by atoms with Gasteiger partial charge in [0.15, 0.2) is 0 Å². The summed E-state index contributed by atoms with van der Waals surface area (Å²) >= 11 is 0. The Morgan fingerprint density at radius 3 is 2.14 bits per heavy atom. The van der Waals surface area contributed by atoms with E-state index in [4.69, 9.17) is 4.74 Å². The Labute approximate surface area is 252 Å². The highest BCUT2D eigenvalue weighted by Crippen LogP contribution is 2.31. The van der Waals surface area contributed by atoms with Gasteiger partial charge in [-0.15, -0.1) is 0 Å². The molecule has 0 fully saturated rings. The van der Waals surface area contributed by atoms with Gasteiger partial charge in [0.2, 0.25) is 11.8 Å². The number of amides is 3. The maximum absolute atomic E-state index is 14.3. The highest BCUT2D eigenvalue weighted by atomic mass is 16.6. The van der Waals surface area contributed by atoms with Crippen LogP contribution in [0.4, 0.5) is 4.79 Å². The quantitative estimate of drug-likeness (QED) is 0.187. The van der Waals surface area contributed by atoms with Crippen LogP contribution in [-0.2, 0) is 20.9 Å². The molecule has 2 atom stereocenters.